The maximum Gasteiger partial charge on any atom is 0.320 e. The Kier molecular flexibility index (Phi) is 14.8. The van der Waals surface area contributed by atoms with Gasteiger partial charge in [-0.05, 0) is 55.7 Å². The Hall–Kier alpha value is -3.82. The summed E-state index contributed by atoms with van der Waals surface area (Å²) in [6.07, 6.45) is 9.84. The summed E-state index contributed by atoms with van der Waals surface area (Å²) in [5, 5.41) is 28.3. The van der Waals surface area contributed by atoms with Gasteiger partial charge < -0.3 is 14.6 Å². The summed E-state index contributed by atoms with van der Waals surface area (Å²) in [7, 11) is 0. The van der Waals surface area contributed by atoms with Crippen molar-refractivity contribution in [2.24, 2.45) is 16.1 Å². The molecule has 0 saturated heterocycles. The van der Waals surface area contributed by atoms with Crippen LogP contribution in [0.5, 0.6) is 5.75 Å². The lowest BCUT2D eigenvalue weighted by Crippen LogP contribution is -2.26. The Balaban J connectivity index is 1.59. The second-order valence-electron chi connectivity index (χ2n) is 9.34. The molecule has 0 amide bonds. The Bertz CT molecular complexity index is 1040. The van der Waals surface area contributed by atoms with Gasteiger partial charge in [0.2, 0.25) is 0 Å². The Labute approximate surface area is 229 Å². The van der Waals surface area contributed by atoms with Gasteiger partial charge in [-0.25, -0.2) is 0 Å². The topological polar surface area (TPSA) is 141 Å². The van der Waals surface area contributed by atoms with E-state index in [1.807, 2.05) is 0 Å². The van der Waals surface area contributed by atoms with Crippen LogP contribution in [0.1, 0.15) is 77.6 Å². The van der Waals surface area contributed by atoms with Crippen LogP contribution in [0.3, 0.4) is 0 Å². The largest absolute Gasteiger partial charge is 0.494 e. The SMILES string of the molecule is CCCCCCCCOC(=O)C(CCCCCCOc1ccc(N=Nc2ccc([N+](=O)[O-])cc2)cc1)C(=O)O. The van der Waals surface area contributed by atoms with Crippen molar-refractivity contribution < 1.29 is 29.1 Å². The highest BCUT2D eigenvalue weighted by atomic mass is 16.6. The number of ether oxygens (including phenoxy) is 2. The third-order valence-corrected chi connectivity index (χ3v) is 6.16. The summed E-state index contributed by atoms with van der Waals surface area (Å²) in [6, 6.07) is 12.9. The number of carbonyl (C=O) groups excluding carboxylic acids is 1. The van der Waals surface area contributed by atoms with Crippen molar-refractivity contribution in [2.45, 2.75) is 77.6 Å². The van der Waals surface area contributed by atoms with Gasteiger partial charge in [0.1, 0.15) is 5.75 Å². The lowest BCUT2D eigenvalue weighted by atomic mass is 10.0. The third kappa shape index (κ3) is 13.0. The molecule has 0 saturated carbocycles. The number of nitro benzene ring substituents is 1. The molecule has 10 nitrogen and oxygen atoms in total. The molecular weight excluding hydrogens is 502 g/mol. The molecule has 2 aromatic rings. The van der Waals surface area contributed by atoms with Crippen molar-refractivity contribution in [3.05, 3.63) is 58.6 Å². The van der Waals surface area contributed by atoms with Crippen molar-refractivity contribution in [3.8, 4) is 5.75 Å². The maximum absolute atomic E-state index is 12.2. The molecular formula is C29H39N3O7. The van der Waals surface area contributed by atoms with Crippen LogP contribution in [0.4, 0.5) is 17.1 Å². The molecule has 0 aromatic heterocycles. The molecule has 10 heteroatoms. The van der Waals surface area contributed by atoms with Gasteiger partial charge in [0, 0.05) is 12.1 Å². The first kappa shape index (κ1) is 31.4. The van der Waals surface area contributed by atoms with Gasteiger partial charge in [0.25, 0.3) is 5.69 Å². The zero-order chi connectivity index (χ0) is 28.3. The highest BCUT2D eigenvalue weighted by molar-refractivity contribution is 5.93. The summed E-state index contributed by atoms with van der Waals surface area (Å²) < 4.78 is 10.9. The first-order chi connectivity index (χ1) is 18.9. The van der Waals surface area contributed by atoms with Crippen molar-refractivity contribution in [2.75, 3.05) is 13.2 Å². The minimum atomic E-state index is -1.12. The smallest absolute Gasteiger partial charge is 0.320 e. The third-order valence-electron chi connectivity index (χ3n) is 6.16. The zero-order valence-corrected chi connectivity index (χ0v) is 22.6. The quantitative estimate of drug-likeness (QED) is 0.0448. The summed E-state index contributed by atoms with van der Waals surface area (Å²) in [4.78, 5) is 33.9. The van der Waals surface area contributed by atoms with E-state index in [1.165, 1.54) is 43.5 Å². The molecule has 1 atom stereocenters. The zero-order valence-electron chi connectivity index (χ0n) is 22.6. The van der Waals surface area contributed by atoms with Gasteiger partial charge in [0.15, 0.2) is 5.92 Å². The number of nitrogens with zero attached hydrogens (tertiary/aromatic N) is 3. The van der Waals surface area contributed by atoms with Gasteiger partial charge in [-0.1, -0.05) is 58.3 Å². The minimum absolute atomic E-state index is 0.00121. The number of unbranched alkanes of at least 4 members (excludes halogenated alkanes) is 8. The van der Waals surface area contributed by atoms with E-state index in [9.17, 15) is 24.8 Å². The number of esters is 1. The summed E-state index contributed by atoms with van der Waals surface area (Å²) in [5.41, 5.74) is 1.14. The predicted molar refractivity (Wildman–Crippen MR) is 148 cm³/mol. The van der Waals surface area contributed by atoms with Gasteiger partial charge in [-0.3, -0.25) is 19.7 Å². The molecule has 2 aromatic carbocycles. The van der Waals surface area contributed by atoms with E-state index in [0.29, 0.717) is 30.2 Å². The molecule has 2 rings (SSSR count). The predicted octanol–water partition coefficient (Wildman–Crippen LogP) is 7.94. The van der Waals surface area contributed by atoms with Crippen LogP contribution in [0.15, 0.2) is 58.8 Å². The summed E-state index contributed by atoms with van der Waals surface area (Å²) in [5.74, 6) is -2.15. The Morgan fingerprint density at radius 1 is 0.821 bits per heavy atom. The molecule has 212 valence electrons. The molecule has 0 bridgehead atoms. The van der Waals surface area contributed by atoms with Crippen LogP contribution in [0, 0.1) is 16.0 Å². The minimum Gasteiger partial charge on any atom is -0.494 e. The fourth-order valence-electron chi connectivity index (χ4n) is 3.86. The number of nitro groups is 1. The van der Waals surface area contributed by atoms with E-state index >= 15 is 0 Å². The highest BCUT2D eigenvalue weighted by Crippen LogP contribution is 2.23. The second-order valence-corrected chi connectivity index (χ2v) is 9.34. The van der Waals surface area contributed by atoms with E-state index in [0.717, 1.165) is 38.5 Å². The van der Waals surface area contributed by atoms with Gasteiger partial charge >= 0.3 is 11.9 Å². The lowest BCUT2D eigenvalue weighted by molar-refractivity contribution is -0.384. The standard InChI is InChI=1S/C29H39N3O7/c1-2-3-4-5-7-11-22-39-29(35)27(28(33)34)12-9-6-8-10-21-38-26-19-15-24(16-20-26)31-30-23-13-17-25(18-14-23)32(36)37/h13-20,27H,2-12,21-22H2,1H3,(H,33,34). The number of carboxylic acids is 1. The van der Waals surface area contributed by atoms with Gasteiger partial charge in [-0.2, -0.15) is 10.2 Å². The first-order valence-corrected chi connectivity index (χ1v) is 13.7. The van der Waals surface area contributed by atoms with Crippen LogP contribution in [-0.4, -0.2) is 35.2 Å². The molecule has 0 aliphatic rings. The first-order valence-electron chi connectivity index (χ1n) is 13.7. The number of benzene rings is 2. The average molecular weight is 542 g/mol. The second kappa shape index (κ2) is 18.4. The molecule has 0 radical (unpaired) electrons. The van der Waals surface area contributed by atoms with Crippen LogP contribution in [0.25, 0.3) is 0 Å². The number of hydrogen-bond acceptors (Lipinski definition) is 8. The lowest BCUT2D eigenvalue weighted by Gasteiger charge is -2.12. The van der Waals surface area contributed by atoms with Crippen molar-refractivity contribution >= 4 is 29.0 Å². The molecule has 1 unspecified atom stereocenters. The van der Waals surface area contributed by atoms with Crippen molar-refractivity contribution in [3.63, 3.8) is 0 Å². The fraction of sp³-hybridized carbons (Fsp3) is 0.517. The highest BCUT2D eigenvalue weighted by Gasteiger charge is 2.27. The van der Waals surface area contributed by atoms with E-state index in [1.54, 1.807) is 24.3 Å². The molecule has 39 heavy (non-hydrogen) atoms. The van der Waals surface area contributed by atoms with Crippen molar-refractivity contribution in [1.29, 1.82) is 0 Å². The van der Waals surface area contributed by atoms with E-state index in [4.69, 9.17) is 9.47 Å². The van der Waals surface area contributed by atoms with Crippen molar-refractivity contribution in [1.82, 2.24) is 0 Å². The summed E-state index contributed by atoms with van der Waals surface area (Å²) >= 11 is 0. The molecule has 0 heterocycles. The summed E-state index contributed by atoms with van der Waals surface area (Å²) in [6.45, 7) is 2.97. The number of rotatable bonds is 20. The van der Waals surface area contributed by atoms with Crippen LogP contribution in [-0.2, 0) is 14.3 Å². The van der Waals surface area contributed by atoms with Crippen LogP contribution in [0.2, 0.25) is 0 Å². The Morgan fingerprint density at radius 3 is 1.95 bits per heavy atom. The average Bonchev–Trinajstić information content (AvgIpc) is 2.93. The number of azo groups is 1. The molecule has 1 N–H and O–H groups in total. The number of carboxylic acid groups (broad SMARTS) is 1. The van der Waals surface area contributed by atoms with Crippen LogP contribution >= 0.6 is 0 Å². The number of aliphatic carboxylic acids is 1. The van der Waals surface area contributed by atoms with Gasteiger partial charge in [0.05, 0.1) is 29.5 Å². The van der Waals surface area contributed by atoms with E-state index in [2.05, 4.69) is 17.2 Å². The maximum atomic E-state index is 12.2. The molecule has 0 aliphatic heterocycles. The number of carbonyl (C=O) groups is 2. The van der Waals surface area contributed by atoms with Gasteiger partial charge in [-0.15, -0.1) is 0 Å². The fourth-order valence-corrected chi connectivity index (χ4v) is 3.86. The molecule has 0 aliphatic carbocycles. The Morgan fingerprint density at radius 2 is 1.36 bits per heavy atom. The molecule has 0 fully saturated rings. The number of non-ortho nitro benzene ring substituents is 1. The molecule has 0 spiro atoms. The normalized spacial score (nSPS) is 11.8. The van der Waals surface area contributed by atoms with E-state index < -0.39 is 22.8 Å². The monoisotopic (exact) mass is 541 g/mol. The van der Waals surface area contributed by atoms with E-state index in [-0.39, 0.29) is 18.7 Å². The van der Waals surface area contributed by atoms with Crippen LogP contribution < -0.4 is 4.74 Å². The number of hydrogen-bond donors (Lipinski definition) is 1.